The van der Waals surface area contributed by atoms with E-state index in [-0.39, 0.29) is 42.5 Å². The zero-order chi connectivity index (χ0) is 29.2. The summed E-state index contributed by atoms with van der Waals surface area (Å²) in [5.41, 5.74) is 0.486. The number of aromatic nitrogens is 3. The molecule has 1 saturated carbocycles. The maximum Gasteiger partial charge on any atom is 0.393 e. The van der Waals surface area contributed by atoms with Crippen LogP contribution in [0.5, 0.6) is 11.8 Å². The molecule has 42 heavy (non-hydrogen) atoms. The van der Waals surface area contributed by atoms with Crippen molar-refractivity contribution in [3.05, 3.63) is 48.4 Å². The highest BCUT2D eigenvalue weighted by molar-refractivity contribution is 5.99. The highest BCUT2D eigenvalue weighted by atomic mass is 19.4. The number of hydrogen-bond donors (Lipinski definition) is 1. The highest BCUT2D eigenvalue weighted by Gasteiger charge is 2.46. The summed E-state index contributed by atoms with van der Waals surface area (Å²) in [6.07, 6.45) is 0.667. The first kappa shape index (κ1) is 27.1. The van der Waals surface area contributed by atoms with Crippen molar-refractivity contribution in [1.29, 1.82) is 0 Å². The van der Waals surface area contributed by atoms with E-state index in [4.69, 9.17) is 4.74 Å². The number of fused-ring (bicyclic) bond motifs is 4. The van der Waals surface area contributed by atoms with E-state index in [0.717, 1.165) is 36.7 Å². The van der Waals surface area contributed by atoms with Gasteiger partial charge >= 0.3 is 12.2 Å². The van der Waals surface area contributed by atoms with Crippen molar-refractivity contribution in [3.8, 4) is 23.0 Å². The van der Waals surface area contributed by atoms with E-state index in [9.17, 15) is 18.3 Å². The molecule has 0 spiro atoms. The van der Waals surface area contributed by atoms with Crippen LogP contribution in [-0.2, 0) is 0 Å². The molecule has 2 aliphatic heterocycles. The Balaban J connectivity index is 1.30. The monoisotopic (exact) mass is 581 g/mol. The minimum absolute atomic E-state index is 0.0148. The van der Waals surface area contributed by atoms with Crippen molar-refractivity contribution in [1.82, 2.24) is 19.9 Å². The first-order chi connectivity index (χ1) is 20.1. The second-order valence-electron chi connectivity index (χ2n) is 12.1. The van der Waals surface area contributed by atoms with E-state index in [1.165, 1.54) is 12.5 Å². The van der Waals surface area contributed by atoms with E-state index < -0.39 is 24.0 Å². The predicted molar refractivity (Wildman–Crippen MR) is 151 cm³/mol. The zero-order valence-electron chi connectivity index (χ0n) is 23.1. The Morgan fingerprint density at radius 3 is 2.50 bits per heavy atom. The number of halogens is 4. The molecular formula is C31H31F4N5O2. The fourth-order valence-electron chi connectivity index (χ4n) is 7.07. The van der Waals surface area contributed by atoms with Gasteiger partial charge < -0.3 is 14.7 Å². The molecule has 1 N–H and O–H groups in total. The number of hydrogen-bond acceptors (Lipinski definition) is 7. The Morgan fingerprint density at radius 1 is 1.00 bits per heavy atom. The number of alkyl halides is 3. The average Bonchev–Trinajstić information content (AvgIpc) is 3.51. The van der Waals surface area contributed by atoms with Crippen molar-refractivity contribution in [2.75, 3.05) is 38.2 Å². The maximum absolute atomic E-state index is 16.5. The molecule has 220 valence electrons. The van der Waals surface area contributed by atoms with Crippen molar-refractivity contribution in [2.45, 2.75) is 37.9 Å². The van der Waals surface area contributed by atoms with Gasteiger partial charge in [-0.3, -0.25) is 9.88 Å². The standard InChI is InChI=1S/C31H31F4N5O2/c1-39-15-20(31(33,34)35)10-21(39)16-42-30-37-28-25(29(38-30)40-13-17-6-7-18(8-17)14-40)12-36-27(26(28)32)24-11-22(41)9-19-4-2-3-5-23(19)24/h2-5,9,11-12,17-18,20-21,41H,6-8,10,13-16H2,1H3/t17?,18?,20-,21+/m1/s1. The minimum Gasteiger partial charge on any atom is -0.508 e. The highest BCUT2D eigenvalue weighted by Crippen LogP contribution is 2.41. The molecule has 4 atom stereocenters. The third kappa shape index (κ3) is 4.87. The summed E-state index contributed by atoms with van der Waals surface area (Å²) < 4.78 is 62.5. The summed E-state index contributed by atoms with van der Waals surface area (Å²) >= 11 is 0. The number of aromatic hydroxyl groups is 1. The average molecular weight is 582 g/mol. The summed E-state index contributed by atoms with van der Waals surface area (Å²) in [6, 6.07) is 9.89. The molecule has 7 rings (SSSR count). The zero-order valence-corrected chi connectivity index (χ0v) is 23.1. The number of piperidine rings is 1. The molecule has 3 aliphatic rings. The van der Waals surface area contributed by atoms with Crippen molar-refractivity contribution >= 4 is 27.5 Å². The second kappa shape index (κ2) is 10.2. The minimum atomic E-state index is -4.27. The van der Waals surface area contributed by atoms with E-state index in [1.54, 1.807) is 24.2 Å². The molecule has 0 amide bonds. The summed E-state index contributed by atoms with van der Waals surface area (Å²) in [5, 5.41) is 12.3. The predicted octanol–water partition coefficient (Wildman–Crippen LogP) is 6.19. The number of phenolic OH excluding ortho intramolecular Hbond substituents is 1. The van der Waals surface area contributed by atoms with E-state index in [1.807, 2.05) is 24.3 Å². The van der Waals surface area contributed by atoms with Crippen LogP contribution in [0.3, 0.4) is 0 Å². The van der Waals surface area contributed by atoms with Crippen molar-refractivity contribution in [3.63, 3.8) is 0 Å². The molecule has 2 aromatic carbocycles. The number of anilines is 1. The number of ether oxygens (including phenoxy) is 1. The van der Waals surface area contributed by atoms with Gasteiger partial charge in [-0.25, -0.2) is 4.39 Å². The smallest absolute Gasteiger partial charge is 0.393 e. The molecule has 1 aliphatic carbocycles. The second-order valence-corrected chi connectivity index (χ2v) is 12.1. The maximum atomic E-state index is 16.5. The van der Waals surface area contributed by atoms with E-state index in [2.05, 4.69) is 19.9 Å². The summed E-state index contributed by atoms with van der Waals surface area (Å²) in [6.45, 7) is 1.41. The lowest BCUT2D eigenvalue weighted by atomic mass is 9.98. The van der Waals surface area contributed by atoms with Gasteiger partial charge in [0.2, 0.25) is 0 Å². The number of likely N-dealkylation sites (tertiary alicyclic amines) is 1. The summed E-state index contributed by atoms with van der Waals surface area (Å²) in [7, 11) is 1.65. The van der Waals surface area contributed by atoms with Gasteiger partial charge in [0, 0.05) is 37.4 Å². The lowest BCUT2D eigenvalue weighted by Gasteiger charge is -2.33. The van der Waals surface area contributed by atoms with Crippen LogP contribution in [0.4, 0.5) is 23.4 Å². The lowest BCUT2D eigenvalue weighted by molar-refractivity contribution is -0.170. The fraction of sp³-hybridized carbons (Fsp3) is 0.452. The lowest BCUT2D eigenvalue weighted by Crippen LogP contribution is -2.37. The van der Waals surface area contributed by atoms with Gasteiger partial charge in [0.1, 0.15) is 29.4 Å². The van der Waals surface area contributed by atoms with Crippen LogP contribution >= 0.6 is 0 Å². The molecule has 0 radical (unpaired) electrons. The van der Waals surface area contributed by atoms with Gasteiger partial charge in [-0.2, -0.15) is 23.1 Å². The third-order valence-corrected chi connectivity index (χ3v) is 9.21. The van der Waals surface area contributed by atoms with Gasteiger partial charge in [-0.05, 0) is 67.5 Å². The largest absolute Gasteiger partial charge is 0.508 e. The molecule has 4 aromatic rings. The van der Waals surface area contributed by atoms with Crippen molar-refractivity contribution < 1.29 is 27.4 Å². The molecular weight excluding hydrogens is 550 g/mol. The van der Waals surface area contributed by atoms with Crippen LogP contribution in [0.25, 0.3) is 32.9 Å². The Hall–Kier alpha value is -3.73. The molecule has 2 bridgehead atoms. The SMILES string of the molecule is CN1C[C@H](C(F)(F)F)C[C@H]1COc1nc(N2CC3CCC(C3)C2)c2cnc(-c3cc(O)cc4ccccc34)c(F)c2n1. The Morgan fingerprint density at radius 2 is 1.76 bits per heavy atom. The fourth-order valence-corrected chi connectivity index (χ4v) is 7.07. The van der Waals surface area contributed by atoms with Crippen LogP contribution in [0.15, 0.2) is 42.6 Å². The quantitative estimate of drug-likeness (QED) is 0.282. The normalized spacial score (nSPS) is 24.6. The number of likely N-dealkylation sites (N-methyl/N-ethyl adjacent to an activating group) is 1. The van der Waals surface area contributed by atoms with Crippen LogP contribution in [0.1, 0.15) is 25.7 Å². The van der Waals surface area contributed by atoms with Crippen LogP contribution < -0.4 is 9.64 Å². The summed E-state index contributed by atoms with van der Waals surface area (Å²) in [5.74, 6) is -0.527. The van der Waals surface area contributed by atoms with Crippen LogP contribution in [0.2, 0.25) is 0 Å². The van der Waals surface area contributed by atoms with Gasteiger partial charge in [-0.15, -0.1) is 0 Å². The number of benzene rings is 2. The third-order valence-electron chi connectivity index (χ3n) is 9.21. The number of phenols is 1. The molecule has 4 heterocycles. The molecule has 7 nitrogen and oxygen atoms in total. The van der Waals surface area contributed by atoms with E-state index in [0.29, 0.717) is 28.6 Å². The van der Waals surface area contributed by atoms with Gasteiger partial charge in [-0.1, -0.05) is 24.3 Å². The first-order valence-electron chi connectivity index (χ1n) is 14.4. The van der Waals surface area contributed by atoms with Crippen LogP contribution in [0, 0.1) is 23.6 Å². The molecule has 2 unspecified atom stereocenters. The molecule has 3 fully saturated rings. The number of rotatable bonds is 5. The molecule has 2 aromatic heterocycles. The van der Waals surface area contributed by atoms with Crippen LogP contribution in [-0.4, -0.2) is 70.5 Å². The van der Waals surface area contributed by atoms with E-state index >= 15 is 4.39 Å². The van der Waals surface area contributed by atoms with Gasteiger partial charge in [0.25, 0.3) is 0 Å². The van der Waals surface area contributed by atoms with Gasteiger partial charge in [0.15, 0.2) is 5.82 Å². The first-order valence-corrected chi connectivity index (χ1v) is 14.4. The number of pyridine rings is 1. The van der Waals surface area contributed by atoms with Gasteiger partial charge in [0.05, 0.1) is 11.3 Å². The number of nitrogens with zero attached hydrogens (tertiary/aromatic N) is 5. The molecule has 11 heteroatoms. The topological polar surface area (TPSA) is 74.6 Å². The Bertz CT molecular complexity index is 1650. The Kier molecular flexibility index (Phi) is 6.60. The molecule has 2 saturated heterocycles. The van der Waals surface area contributed by atoms with Crippen molar-refractivity contribution in [2.24, 2.45) is 17.8 Å². The Labute approximate surface area is 240 Å². The summed E-state index contributed by atoms with van der Waals surface area (Å²) in [4.78, 5) is 17.4.